The number of hydrogen-bond acceptors (Lipinski definition) is 2. The molecule has 0 aliphatic carbocycles. The summed E-state index contributed by atoms with van der Waals surface area (Å²) in [5, 5.41) is 0. The molecule has 0 radical (unpaired) electrons. The standard InChI is InChI=1S/C38H29F9N3/c1-20-19-50-21(2)34-26(25-10-6-9-23-13-14-48-15-16-49(34)35(48)30(23)25)12-11-24-17-28(36(39,40)41)32(37(42,43)44)33(38(45,46)47)31(24)29(50)18-27(20)22-7-4-3-5-8-22/h3-10,15-19,26,34-35H,2,11-14H2,1H3/q+1. The molecule has 4 aliphatic heterocycles. The second kappa shape index (κ2) is 10.9. The molecular weight excluding hydrogens is 669 g/mol. The van der Waals surface area contributed by atoms with Gasteiger partial charge in [-0.2, -0.15) is 44.1 Å². The molecule has 0 saturated carbocycles. The number of aryl methyl sites for hydroxylation is 2. The summed E-state index contributed by atoms with van der Waals surface area (Å²) in [6.45, 7) is 6.86. The van der Waals surface area contributed by atoms with Crippen molar-refractivity contribution in [1.82, 2.24) is 9.80 Å². The molecule has 50 heavy (non-hydrogen) atoms. The molecule has 3 aromatic carbocycles. The fraction of sp³-hybridized carbons (Fsp3) is 0.289. The summed E-state index contributed by atoms with van der Waals surface area (Å²) in [6, 6.07) is 15.5. The summed E-state index contributed by atoms with van der Waals surface area (Å²) in [5.41, 5.74) is -4.22. The maximum Gasteiger partial charge on any atom is 0.417 e. The summed E-state index contributed by atoms with van der Waals surface area (Å²) in [5.74, 6) is -0.456. The third kappa shape index (κ3) is 4.85. The van der Waals surface area contributed by atoms with E-state index >= 15 is 13.2 Å². The Bertz CT molecular complexity index is 2090. The molecule has 12 heteroatoms. The van der Waals surface area contributed by atoms with Crippen LogP contribution in [0.4, 0.5) is 39.5 Å². The number of rotatable bonds is 1. The van der Waals surface area contributed by atoms with Crippen molar-refractivity contribution in [1.29, 1.82) is 0 Å². The molecule has 5 heterocycles. The predicted octanol–water partition coefficient (Wildman–Crippen LogP) is 9.90. The normalized spacial score (nSPS) is 21.2. The minimum absolute atomic E-state index is 0.0588. The quantitative estimate of drug-likeness (QED) is 0.145. The lowest BCUT2D eigenvalue weighted by molar-refractivity contribution is -0.574. The van der Waals surface area contributed by atoms with Gasteiger partial charge in [-0.1, -0.05) is 48.5 Å². The van der Waals surface area contributed by atoms with Gasteiger partial charge in [0.2, 0.25) is 11.4 Å². The molecule has 0 saturated heterocycles. The van der Waals surface area contributed by atoms with Gasteiger partial charge < -0.3 is 9.80 Å². The van der Waals surface area contributed by atoms with Crippen molar-refractivity contribution in [2.75, 3.05) is 6.54 Å². The molecule has 4 aliphatic rings. The maximum absolute atomic E-state index is 15.2. The van der Waals surface area contributed by atoms with Gasteiger partial charge in [-0.25, -0.2) is 0 Å². The molecule has 0 bridgehead atoms. The monoisotopic (exact) mass is 698 g/mol. The van der Waals surface area contributed by atoms with Crippen molar-refractivity contribution in [3.63, 3.8) is 0 Å². The molecule has 0 spiro atoms. The zero-order valence-electron chi connectivity index (χ0n) is 26.5. The van der Waals surface area contributed by atoms with Crippen LogP contribution >= 0.6 is 0 Å². The topological polar surface area (TPSA) is 10.4 Å². The molecule has 3 nitrogen and oxygen atoms in total. The first kappa shape index (κ1) is 32.5. The second-order valence-electron chi connectivity index (χ2n) is 13.3. The zero-order valence-corrected chi connectivity index (χ0v) is 26.5. The van der Waals surface area contributed by atoms with Crippen molar-refractivity contribution in [2.45, 2.75) is 62.8 Å². The Morgan fingerprint density at radius 3 is 2.18 bits per heavy atom. The number of benzene rings is 3. The van der Waals surface area contributed by atoms with Crippen LogP contribution in [0.25, 0.3) is 28.1 Å². The molecule has 258 valence electrons. The van der Waals surface area contributed by atoms with Gasteiger partial charge in [0.25, 0.3) is 0 Å². The van der Waals surface area contributed by atoms with Crippen LogP contribution in [0.3, 0.4) is 0 Å². The van der Waals surface area contributed by atoms with E-state index in [1.54, 1.807) is 43.5 Å². The van der Waals surface area contributed by atoms with E-state index in [4.69, 9.17) is 0 Å². The summed E-state index contributed by atoms with van der Waals surface area (Å²) >= 11 is 0. The van der Waals surface area contributed by atoms with Crippen LogP contribution in [0.1, 0.15) is 63.0 Å². The number of fused-ring (bicyclic) bond motifs is 6. The van der Waals surface area contributed by atoms with Gasteiger partial charge in [-0.15, -0.1) is 0 Å². The van der Waals surface area contributed by atoms with Crippen LogP contribution in [-0.4, -0.2) is 22.4 Å². The fourth-order valence-corrected chi connectivity index (χ4v) is 8.58. The van der Waals surface area contributed by atoms with E-state index < -0.39 is 58.3 Å². The van der Waals surface area contributed by atoms with Gasteiger partial charge in [0.05, 0.1) is 22.3 Å². The molecule has 1 aromatic heterocycles. The molecule has 3 unspecified atom stereocenters. The lowest BCUT2D eigenvalue weighted by Gasteiger charge is -2.48. The van der Waals surface area contributed by atoms with Gasteiger partial charge >= 0.3 is 18.5 Å². The highest BCUT2D eigenvalue weighted by molar-refractivity contribution is 5.77. The van der Waals surface area contributed by atoms with E-state index in [9.17, 15) is 26.3 Å². The van der Waals surface area contributed by atoms with Crippen LogP contribution in [0.5, 0.6) is 0 Å². The fourth-order valence-electron chi connectivity index (χ4n) is 8.58. The minimum Gasteiger partial charge on any atom is -0.352 e. The van der Waals surface area contributed by atoms with Crippen molar-refractivity contribution in [3.05, 3.63) is 130 Å². The highest BCUT2D eigenvalue weighted by Gasteiger charge is 2.55. The number of pyridine rings is 1. The van der Waals surface area contributed by atoms with Gasteiger partial charge in [-0.05, 0) is 66.6 Å². The van der Waals surface area contributed by atoms with Crippen LogP contribution in [0.15, 0.2) is 85.8 Å². The van der Waals surface area contributed by atoms with Gasteiger partial charge in [0.15, 0.2) is 6.20 Å². The lowest BCUT2D eigenvalue weighted by atomic mass is 9.75. The molecule has 8 rings (SSSR count). The Labute approximate surface area is 281 Å². The lowest BCUT2D eigenvalue weighted by Crippen LogP contribution is -2.53. The Morgan fingerprint density at radius 1 is 0.780 bits per heavy atom. The van der Waals surface area contributed by atoms with E-state index in [0.717, 1.165) is 29.7 Å². The minimum atomic E-state index is -5.98. The van der Waals surface area contributed by atoms with Crippen LogP contribution in [0.2, 0.25) is 0 Å². The van der Waals surface area contributed by atoms with Crippen molar-refractivity contribution in [2.24, 2.45) is 0 Å². The molecule has 0 N–H and O–H groups in total. The van der Waals surface area contributed by atoms with Gasteiger partial charge in [0, 0.05) is 42.1 Å². The SMILES string of the molecule is C=C1C2C(CCc3cc(C(F)(F)F)c(C(F)(F)F)c(C(F)(F)F)c3-c3cc(-c4ccccc4)c(C)c[n+]31)c1cccc3c1C1N(C=CN21)CC3. The molecular formula is C38H29F9N3+. The summed E-state index contributed by atoms with van der Waals surface area (Å²) in [4.78, 5) is 4.25. The number of hydrogen-bond donors (Lipinski definition) is 0. The van der Waals surface area contributed by atoms with Gasteiger partial charge in [-0.3, -0.25) is 0 Å². The Hall–Kier alpha value is -4.74. The summed E-state index contributed by atoms with van der Waals surface area (Å²) in [6.07, 6.45) is -11.9. The second-order valence-corrected chi connectivity index (χ2v) is 13.3. The Kier molecular flexibility index (Phi) is 7.06. The van der Waals surface area contributed by atoms with E-state index in [1.807, 2.05) is 30.6 Å². The maximum atomic E-state index is 15.2. The number of halogens is 9. The number of nitrogens with zero attached hydrogens (tertiary/aromatic N) is 3. The van der Waals surface area contributed by atoms with E-state index in [2.05, 4.69) is 16.4 Å². The van der Waals surface area contributed by atoms with E-state index in [-0.39, 0.29) is 30.8 Å². The van der Waals surface area contributed by atoms with Crippen molar-refractivity contribution >= 4 is 5.70 Å². The van der Waals surface area contributed by atoms with Gasteiger partial charge in [0.1, 0.15) is 12.2 Å². The first-order chi connectivity index (χ1) is 23.6. The molecule has 4 aromatic rings. The van der Waals surface area contributed by atoms with Crippen molar-refractivity contribution in [3.8, 4) is 22.4 Å². The summed E-state index contributed by atoms with van der Waals surface area (Å²) < 4.78 is 134. The van der Waals surface area contributed by atoms with E-state index in [1.165, 1.54) is 10.6 Å². The highest BCUT2D eigenvalue weighted by Crippen LogP contribution is 2.55. The molecule has 3 atom stereocenters. The first-order valence-electron chi connectivity index (χ1n) is 16.1. The van der Waals surface area contributed by atoms with Crippen molar-refractivity contribution < 1.29 is 44.1 Å². The molecule has 0 amide bonds. The van der Waals surface area contributed by atoms with Crippen LogP contribution in [0, 0.1) is 6.92 Å². The molecule has 0 fully saturated rings. The number of aromatic nitrogens is 1. The average Bonchev–Trinajstić information content (AvgIpc) is 3.50. The predicted molar refractivity (Wildman–Crippen MR) is 168 cm³/mol. The Morgan fingerprint density at radius 2 is 1.50 bits per heavy atom. The summed E-state index contributed by atoms with van der Waals surface area (Å²) in [7, 11) is 0. The number of alkyl halides is 9. The largest absolute Gasteiger partial charge is 0.417 e. The smallest absolute Gasteiger partial charge is 0.352 e. The Balaban J connectivity index is 1.50. The highest BCUT2D eigenvalue weighted by atomic mass is 19.4. The van der Waals surface area contributed by atoms with Crippen LogP contribution in [-0.2, 0) is 31.4 Å². The first-order valence-corrected chi connectivity index (χ1v) is 16.1. The zero-order chi connectivity index (χ0) is 35.5. The third-order valence-electron chi connectivity index (χ3n) is 10.5. The van der Waals surface area contributed by atoms with Crippen LogP contribution < -0.4 is 4.57 Å². The third-order valence-corrected chi connectivity index (χ3v) is 10.5. The average molecular weight is 699 g/mol. The van der Waals surface area contributed by atoms with E-state index in [0.29, 0.717) is 22.4 Å².